The first-order chi connectivity index (χ1) is 7.88. The topological polar surface area (TPSA) is 0 Å². The summed E-state index contributed by atoms with van der Waals surface area (Å²) in [6.07, 6.45) is 0. The van der Waals surface area contributed by atoms with Crippen molar-refractivity contribution in [2.75, 3.05) is 0 Å². The van der Waals surface area contributed by atoms with Crippen LogP contribution in [0.4, 0.5) is 0 Å². The molecule has 0 aromatic heterocycles. The van der Waals surface area contributed by atoms with E-state index < -0.39 is 19.1 Å². The normalized spacial score (nSPS) is 9.50. The van der Waals surface area contributed by atoms with Gasteiger partial charge in [-0.2, -0.15) is 0 Å². The molecule has 2 aromatic carbocycles. The number of halogens is 1. The predicted molar refractivity (Wildman–Crippen MR) is 75.1 cm³/mol. The Kier molecular flexibility index (Phi) is 6.60. The molecule has 0 amide bonds. The third-order valence-electron chi connectivity index (χ3n) is 1.97. The van der Waals surface area contributed by atoms with Crippen LogP contribution in [0.15, 0.2) is 60.7 Å². The molecule has 0 N–H and O–H groups in total. The maximum absolute atomic E-state index is 6.51. The van der Waals surface area contributed by atoms with Gasteiger partial charge in [0, 0.05) is 0 Å². The summed E-state index contributed by atoms with van der Waals surface area (Å²) < 4.78 is 2.65. The molecule has 2 aromatic rings. The average Bonchev–Trinajstić information content (AvgIpc) is 2.42. The van der Waals surface area contributed by atoms with E-state index in [1.165, 1.54) is 7.02 Å². The Labute approximate surface area is 109 Å². The summed E-state index contributed by atoms with van der Waals surface area (Å²) in [5.74, 6) is 0. The van der Waals surface area contributed by atoms with Gasteiger partial charge in [-0.15, -0.1) is 0 Å². The fraction of sp³-hybridized carbons (Fsp3) is 0.143. The first-order valence-electron chi connectivity index (χ1n) is 5.44. The molecule has 0 atom stereocenters. The van der Waals surface area contributed by atoms with Crippen LogP contribution in [-0.2, 0) is 0 Å². The molecule has 0 bridgehead atoms. The fourth-order valence-electron chi connectivity index (χ4n) is 1.27. The summed E-state index contributed by atoms with van der Waals surface area (Å²) >= 11 is -1.90. The van der Waals surface area contributed by atoms with Gasteiger partial charge >= 0.3 is 95.6 Å². The third kappa shape index (κ3) is 3.85. The van der Waals surface area contributed by atoms with Crippen LogP contribution < -0.4 is 7.02 Å². The van der Waals surface area contributed by atoms with E-state index in [-0.39, 0.29) is 0 Å². The van der Waals surface area contributed by atoms with Crippen molar-refractivity contribution in [3.05, 3.63) is 60.7 Å². The Morgan fingerprint density at radius 3 is 1.31 bits per heavy atom. The van der Waals surface area contributed by atoms with E-state index in [2.05, 4.69) is 48.5 Å². The van der Waals surface area contributed by atoms with E-state index in [1.54, 1.807) is 0 Å². The minimum atomic E-state index is -1.90. The molecule has 0 saturated carbocycles. The molecule has 0 spiro atoms. The molecule has 16 heavy (non-hydrogen) atoms. The van der Waals surface area contributed by atoms with Crippen molar-refractivity contribution >= 4 is 34.9 Å². The molecular weight excluding hydrogens is 325 g/mol. The monoisotopic (exact) mass is 340 g/mol. The van der Waals surface area contributed by atoms with Gasteiger partial charge in [-0.05, 0) is 0 Å². The van der Waals surface area contributed by atoms with Crippen molar-refractivity contribution < 1.29 is 0 Å². The van der Waals surface area contributed by atoms with E-state index in [4.69, 9.17) is 8.83 Å². The van der Waals surface area contributed by atoms with E-state index >= 15 is 0 Å². The Morgan fingerprint density at radius 1 is 0.688 bits per heavy atom. The zero-order valence-electron chi connectivity index (χ0n) is 9.60. The molecule has 0 radical (unpaired) electrons. The van der Waals surface area contributed by atoms with Crippen molar-refractivity contribution in [2.24, 2.45) is 0 Å². The Hall–Kier alpha value is -0.452. The van der Waals surface area contributed by atoms with Crippen molar-refractivity contribution in [2.45, 2.75) is 13.8 Å². The van der Waals surface area contributed by atoms with Crippen LogP contribution in [0.2, 0.25) is 0 Å². The van der Waals surface area contributed by atoms with Crippen molar-refractivity contribution in [3.8, 4) is 0 Å². The summed E-state index contributed by atoms with van der Waals surface area (Å²) in [5.41, 5.74) is 0. The van der Waals surface area contributed by atoms with Crippen molar-refractivity contribution in [1.29, 1.82) is 0 Å². The quantitative estimate of drug-likeness (QED) is 0.737. The summed E-state index contributed by atoms with van der Waals surface area (Å²) in [4.78, 5) is 0. The van der Waals surface area contributed by atoms with Gasteiger partial charge in [0.2, 0.25) is 0 Å². The van der Waals surface area contributed by atoms with Crippen LogP contribution in [-0.4, -0.2) is 19.1 Å². The number of hydrogen-bond donors (Lipinski definition) is 0. The van der Waals surface area contributed by atoms with Crippen LogP contribution in [0, 0.1) is 0 Å². The Bertz CT molecular complexity index is 346. The van der Waals surface area contributed by atoms with Crippen molar-refractivity contribution in [1.82, 2.24) is 0 Å². The molecule has 0 aliphatic carbocycles. The molecule has 84 valence electrons. The molecule has 0 nitrogen and oxygen atoms in total. The second-order valence-electron chi connectivity index (χ2n) is 2.95. The molecule has 0 aliphatic heterocycles. The zero-order valence-corrected chi connectivity index (χ0v) is 12.9. The average molecular weight is 341 g/mol. The zero-order chi connectivity index (χ0) is 11.8. The first kappa shape index (κ1) is 13.6. The summed E-state index contributed by atoms with van der Waals surface area (Å²) in [6, 6.07) is 20.8. The molecule has 0 fully saturated rings. The summed E-state index contributed by atoms with van der Waals surface area (Å²) in [5, 5.41) is 0. The van der Waals surface area contributed by atoms with Gasteiger partial charge in [-0.3, -0.25) is 0 Å². The van der Waals surface area contributed by atoms with Gasteiger partial charge in [0.25, 0.3) is 0 Å². The summed E-state index contributed by atoms with van der Waals surface area (Å²) in [7, 11) is 6.51. The molecule has 0 heterocycles. The third-order valence-corrected chi connectivity index (χ3v) is 8.87. The number of rotatable bonds is 2. The predicted octanol–water partition coefficient (Wildman–Crippen LogP) is 3.06. The van der Waals surface area contributed by atoms with Gasteiger partial charge in [0.15, 0.2) is 0 Å². The van der Waals surface area contributed by atoms with Crippen LogP contribution in [0.3, 0.4) is 0 Å². The molecule has 2 heteroatoms. The van der Waals surface area contributed by atoms with Crippen LogP contribution in [0.1, 0.15) is 13.8 Å². The minimum absolute atomic E-state index is 1.32. The van der Waals surface area contributed by atoms with Gasteiger partial charge in [0.1, 0.15) is 0 Å². The molecule has 0 unspecified atom stereocenters. The Morgan fingerprint density at radius 2 is 1.00 bits per heavy atom. The van der Waals surface area contributed by atoms with Crippen LogP contribution in [0.25, 0.3) is 0 Å². The summed E-state index contributed by atoms with van der Waals surface area (Å²) in [6.45, 7) is 4.00. The van der Waals surface area contributed by atoms with Gasteiger partial charge in [0.05, 0.1) is 0 Å². The van der Waals surface area contributed by atoms with E-state index in [0.717, 1.165) is 0 Å². The molecule has 0 aliphatic rings. The first-order valence-corrected chi connectivity index (χ1v) is 11.2. The van der Waals surface area contributed by atoms with E-state index in [1.807, 2.05) is 26.0 Å². The fourth-order valence-corrected chi connectivity index (χ4v) is 6.11. The van der Waals surface area contributed by atoms with E-state index in [0.29, 0.717) is 0 Å². The van der Waals surface area contributed by atoms with Gasteiger partial charge in [-0.1, -0.05) is 13.8 Å². The SMILES string of the molecule is CC.[Cl][Sb]([c]1ccccc1)[c]1ccccc1. The standard InChI is InChI=1S/2C6H5.C2H6.ClH.Sb/c2*1-2-4-6-5-3-1;1-2;;/h2*1-5H;1-2H3;1H;/q;;;;+1/p-1. The van der Waals surface area contributed by atoms with Crippen LogP contribution >= 0.6 is 8.83 Å². The van der Waals surface area contributed by atoms with Crippen LogP contribution in [0.5, 0.6) is 0 Å². The van der Waals surface area contributed by atoms with Crippen molar-refractivity contribution in [3.63, 3.8) is 0 Å². The molecular formula is C14H16ClSb. The van der Waals surface area contributed by atoms with Gasteiger partial charge in [-0.25, -0.2) is 0 Å². The maximum atomic E-state index is 6.51. The second-order valence-corrected chi connectivity index (χ2v) is 9.77. The number of benzene rings is 2. The second kappa shape index (κ2) is 7.76. The number of hydrogen-bond acceptors (Lipinski definition) is 0. The molecule has 2 rings (SSSR count). The van der Waals surface area contributed by atoms with Gasteiger partial charge < -0.3 is 0 Å². The molecule has 0 saturated heterocycles. The van der Waals surface area contributed by atoms with E-state index in [9.17, 15) is 0 Å². The Balaban J connectivity index is 0.000000606.